The quantitative estimate of drug-likeness (QED) is 0.203. The Labute approximate surface area is 370 Å². The number of ether oxygens (including phenoxy) is 1. The first-order chi connectivity index (χ1) is 13.6. The first-order valence-electron chi connectivity index (χ1n) is 11.7. The molecule has 0 amide bonds. The van der Waals surface area contributed by atoms with Gasteiger partial charge < -0.3 is 48.6 Å². The van der Waals surface area contributed by atoms with Crippen LogP contribution in [0.15, 0.2) is 5.16 Å². The van der Waals surface area contributed by atoms with E-state index < -0.39 is 0 Å². The van der Waals surface area contributed by atoms with Gasteiger partial charge in [-0.25, -0.2) is 0 Å². The van der Waals surface area contributed by atoms with Gasteiger partial charge in [-0.15, -0.1) is 0 Å². The molecule has 0 atom stereocenters. The second kappa shape index (κ2) is 26.1. The predicted molar refractivity (Wildman–Crippen MR) is 162 cm³/mol. The summed E-state index contributed by atoms with van der Waals surface area (Å²) < 4.78 is 4.97. The van der Waals surface area contributed by atoms with Crippen LogP contribution in [-0.2, 0) is 9.53 Å². The van der Waals surface area contributed by atoms with Crippen LogP contribution >= 0.6 is 0 Å². The van der Waals surface area contributed by atoms with E-state index >= 15 is 0 Å². The van der Waals surface area contributed by atoms with Gasteiger partial charge >= 0.3 is 154 Å². The van der Waals surface area contributed by atoms with Crippen LogP contribution in [0.1, 0.15) is 125 Å². The molecule has 0 rings (SSSR count). The van der Waals surface area contributed by atoms with E-state index in [2.05, 4.69) is 94.7 Å². The van der Waals surface area contributed by atoms with Crippen molar-refractivity contribution >= 4 is 12.2 Å². The topological polar surface area (TPSA) is 61.7 Å². The average Bonchev–Trinajstić information content (AvgIpc) is 2.36. The van der Waals surface area contributed by atoms with Gasteiger partial charge in [0.2, 0.25) is 0 Å². The summed E-state index contributed by atoms with van der Waals surface area (Å²) in [5.41, 5.74) is 1.16. The van der Waals surface area contributed by atoms with Crippen molar-refractivity contribution in [1.29, 1.82) is 0 Å². The summed E-state index contributed by atoms with van der Waals surface area (Å²) in [6.45, 7) is 39.3. The molecule has 0 fully saturated rings. The summed E-state index contributed by atoms with van der Waals surface area (Å²) in [5, 5.41) is 13.6. The van der Waals surface area contributed by atoms with Crippen LogP contribution in [0.4, 0.5) is 0 Å². The fourth-order valence-corrected chi connectivity index (χ4v) is 4.40. The summed E-state index contributed by atoms with van der Waals surface area (Å²) in [6.07, 6.45) is 2.28. The van der Waals surface area contributed by atoms with Crippen LogP contribution in [0.2, 0.25) is 0 Å². The third-order valence-electron chi connectivity index (χ3n) is 4.12. The Morgan fingerprint density at radius 2 is 0.868 bits per heavy atom. The van der Waals surface area contributed by atoms with E-state index in [1.54, 1.807) is 0 Å². The van der Waals surface area contributed by atoms with Crippen molar-refractivity contribution in [1.82, 2.24) is 0 Å². The summed E-state index contributed by atoms with van der Waals surface area (Å²) in [4.78, 5) is 10.2. The Bertz CT molecular complexity index is 522. The molecule has 0 N–H and O–H groups in total. The monoisotopic (exact) mass is 616 g/mol. The van der Waals surface area contributed by atoms with Crippen molar-refractivity contribution in [2.75, 3.05) is 0 Å². The number of rotatable bonds is 2. The molecule has 38 heavy (non-hydrogen) atoms. The number of hydrogen-bond acceptors (Lipinski definition) is 4. The molecule has 0 aliphatic carbocycles. The van der Waals surface area contributed by atoms with Crippen LogP contribution in [0.25, 0.3) is 0 Å². The minimum absolute atomic E-state index is 0. The second-order valence-electron chi connectivity index (χ2n) is 15.1. The molecule has 0 heterocycles. The molecule has 0 bridgehead atoms. The molecule has 0 aromatic carbocycles. The number of carbonyl (C=O) groups excluding carboxylic acids is 1. The Morgan fingerprint density at radius 1 is 0.632 bits per heavy atom. The van der Waals surface area contributed by atoms with E-state index in [0.29, 0.717) is 10.8 Å². The maximum absolute atomic E-state index is 10.5. The van der Waals surface area contributed by atoms with Crippen molar-refractivity contribution in [2.45, 2.75) is 131 Å². The number of hydrogen-bond donors (Lipinski definition) is 0. The van der Waals surface area contributed by atoms with Gasteiger partial charge in [0.1, 0.15) is 0 Å². The van der Waals surface area contributed by atoms with Gasteiger partial charge in [-0.2, -0.15) is 10.8 Å². The van der Waals surface area contributed by atoms with Gasteiger partial charge in [0.15, 0.2) is 0 Å². The fraction of sp³-hybridized carbons (Fsp3) is 0.806. The van der Waals surface area contributed by atoms with Gasteiger partial charge in [-0.05, 0) is 21.7 Å². The maximum atomic E-state index is 10.5. The van der Waals surface area contributed by atoms with Gasteiger partial charge in [0.05, 0.1) is 6.10 Å². The summed E-state index contributed by atoms with van der Waals surface area (Å²) in [5.74, 6) is 0. The van der Waals surface area contributed by atoms with E-state index in [0.717, 1.165) is 5.71 Å². The van der Waals surface area contributed by atoms with E-state index in [4.69, 9.17) is 4.74 Å². The van der Waals surface area contributed by atoms with Crippen LogP contribution in [0, 0.1) is 66.4 Å². The molecule has 7 heteroatoms. The van der Waals surface area contributed by atoms with E-state index in [1.807, 2.05) is 41.5 Å². The zero-order chi connectivity index (χ0) is 27.0. The van der Waals surface area contributed by atoms with Crippen LogP contribution < -0.4 is 154 Å². The molecule has 0 aliphatic rings. The molecule has 4 nitrogen and oxygen atoms in total. The minimum Gasteiger partial charge on any atom is -0.792 e. The van der Waals surface area contributed by atoms with Crippen molar-refractivity contribution in [3.05, 3.63) is 33.9 Å². The summed E-state index contributed by atoms with van der Waals surface area (Å²) in [6, 6.07) is 0. The normalized spacial score (nSPS) is 11.2. The second-order valence-corrected chi connectivity index (χ2v) is 15.1. The first-order valence-corrected chi connectivity index (χ1v) is 11.7. The van der Waals surface area contributed by atoms with Crippen LogP contribution in [-0.4, -0.2) is 18.3 Å². The molecular formula is C31H65K3NO3-3. The zero-order valence-corrected chi connectivity index (χ0v) is 40.2. The van der Waals surface area contributed by atoms with E-state index in [9.17, 15) is 10.0 Å². The summed E-state index contributed by atoms with van der Waals surface area (Å²) in [7, 11) is 0. The fourth-order valence-electron chi connectivity index (χ4n) is 4.40. The number of nitrogens with zero attached hydrogens (tertiary/aromatic N) is 1. The molecule has 0 spiro atoms. The van der Waals surface area contributed by atoms with Gasteiger partial charge in [-0.1, -0.05) is 131 Å². The van der Waals surface area contributed by atoms with Gasteiger partial charge in [-0.3, -0.25) is 0 Å². The SMILES string of the molecule is CC(C)(C)C(=N[O-])C(C)(C)C.CC(C)(C)C(O[C-]=O)C(C)(C)C.CC(C)(C)[CH-]C(C)(C)C.[CH3-].[CH3-].[CH3-].[K+].[K+].[K+]. The largest absolute Gasteiger partial charge is 1.00 e. The maximum Gasteiger partial charge on any atom is 1.00 e. The third-order valence-corrected chi connectivity index (χ3v) is 4.12. The molecule has 0 aliphatic heterocycles. The van der Waals surface area contributed by atoms with Crippen molar-refractivity contribution in [3.8, 4) is 0 Å². The molecular weight excluding hydrogens is 552 g/mol. The molecule has 0 aromatic rings. The minimum atomic E-state index is -0.111. The Kier molecular flexibility index (Phi) is 44.5. The van der Waals surface area contributed by atoms with Crippen LogP contribution in [0.5, 0.6) is 0 Å². The predicted octanol–water partition coefficient (Wildman–Crippen LogP) is 1.19. The van der Waals surface area contributed by atoms with Crippen molar-refractivity contribution in [2.24, 2.45) is 37.6 Å². The van der Waals surface area contributed by atoms with Gasteiger partial charge in [0.25, 0.3) is 0 Å². The first kappa shape index (κ1) is 64.7. The molecule has 0 saturated carbocycles. The summed E-state index contributed by atoms with van der Waals surface area (Å²) >= 11 is 0. The van der Waals surface area contributed by atoms with Gasteiger partial charge in [0, 0.05) is 5.71 Å². The smallest absolute Gasteiger partial charge is 0.792 e. The average molecular weight is 617 g/mol. The Balaban J connectivity index is -0.0000000443. The molecule has 218 valence electrons. The Hall–Kier alpha value is 3.85. The van der Waals surface area contributed by atoms with Crippen LogP contribution in [0.3, 0.4) is 0 Å². The third kappa shape index (κ3) is 39.8. The molecule has 0 radical (unpaired) electrons. The molecule has 0 aromatic heterocycles. The zero-order valence-electron chi connectivity index (χ0n) is 30.8. The van der Waals surface area contributed by atoms with Crippen molar-refractivity contribution in [3.63, 3.8) is 0 Å². The standard InChI is InChI=1S/C10H19O2.C9H19NO.C9H19.3CH3.3K/c1-9(2,3)8(12-7-11)10(4,5)6;1-8(2,3)7(10-11)9(4,5)6;1-8(2,3)7-9(4,5)6;;;;;;/h8H,1-6H3;11H,1-6H3;7H,1-6H3;3*1H3;;;/q-1;;4*-1;3*+1/p-1. The molecule has 0 saturated heterocycles. The van der Waals surface area contributed by atoms with E-state index in [1.165, 1.54) is 6.47 Å². The molecule has 0 unspecified atom stereocenters. The van der Waals surface area contributed by atoms with E-state index in [-0.39, 0.29) is 204 Å². The Morgan fingerprint density at radius 3 is 0.895 bits per heavy atom. The van der Waals surface area contributed by atoms with Crippen molar-refractivity contribution < 1.29 is 164 Å².